The van der Waals surface area contributed by atoms with Gasteiger partial charge in [-0.15, -0.1) is 0 Å². The van der Waals surface area contributed by atoms with Gasteiger partial charge < -0.3 is 10.4 Å². The van der Waals surface area contributed by atoms with Gasteiger partial charge in [0.1, 0.15) is 0 Å². The first-order valence-electron chi connectivity index (χ1n) is 6.01. The van der Waals surface area contributed by atoms with Gasteiger partial charge in [0.05, 0.1) is 17.7 Å². The smallest absolute Gasteiger partial charge is 0.0737 e. The van der Waals surface area contributed by atoms with Gasteiger partial charge in [-0.3, -0.25) is 4.98 Å². The number of nitrogens with one attached hydrogen (secondary N) is 1. The quantitative estimate of drug-likeness (QED) is 0.889. The Morgan fingerprint density at radius 3 is 2.83 bits per heavy atom. The van der Waals surface area contributed by atoms with Gasteiger partial charge in [-0.05, 0) is 37.6 Å². The maximum Gasteiger partial charge on any atom is 0.0737 e. The molecule has 1 unspecified atom stereocenters. The molecule has 0 bridgehead atoms. The molecule has 0 aliphatic rings. The number of benzene rings is 1. The Balaban J connectivity index is 2.45. The Hall–Kier alpha value is -1.32. The first-order chi connectivity index (χ1) is 8.58. The SMILES string of the molecule is CCC(C)(CO)Nc1ccnc2cc(Cl)ccc12. The molecule has 3 nitrogen and oxygen atoms in total. The van der Waals surface area contributed by atoms with Crippen LogP contribution in [0.25, 0.3) is 10.9 Å². The number of pyridine rings is 1. The largest absolute Gasteiger partial charge is 0.394 e. The van der Waals surface area contributed by atoms with E-state index in [1.54, 1.807) is 6.20 Å². The molecule has 0 radical (unpaired) electrons. The molecule has 0 amide bonds. The van der Waals surface area contributed by atoms with Crippen molar-refractivity contribution < 1.29 is 5.11 Å². The van der Waals surface area contributed by atoms with Gasteiger partial charge in [-0.25, -0.2) is 0 Å². The predicted molar refractivity (Wildman–Crippen MR) is 76.2 cm³/mol. The molecule has 2 N–H and O–H groups in total. The van der Waals surface area contributed by atoms with Crippen molar-refractivity contribution in [3.8, 4) is 0 Å². The summed E-state index contributed by atoms with van der Waals surface area (Å²) in [6.45, 7) is 4.12. The standard InChI is InChI=1S/C14H17ClN2O/c1-3-14(2,9-18)17-12-6-7-16-13-8-10(15)4-5-11(12)13/h4-8,18H,3,9H2,1-2H3,(H,16,17). The summed E-state index contributed by atoms with van der Waals surface area (Å²) < 4.78 is 0. The van der Waals surface area contributed by atoms with E-state index in [0.29, 0.717) is 5.02 Å². The topological polar surface area (TPSA) is 45.1 Å². The second-order valence-electron chi connectivity index (χ2n) is 4.72. The van der Waals surface area contributed by atoms with Crippen LogP contribution in [0.2, 0.25) is 5.02 Å². The van der Waals surface area contributed by atoms with Crippen LogP contribution in [-0.4, -0.2) is 22.2 Å². The maximum atomic E-state index is 9.46. The molecule has 2 aromatic rings. The molecule has 0 aliphatic heterocycles. The van der Waals surface area contributed by atoms with E-state index in [1.165, 1.54) is 0 Å². The molecule has 1 aromatic heterocycles. The highest BCUT2D eigenvalue weighted by Gasteiger charge is 2.21. The van der Waals surface area contributed by atoms with E-state index in [9.17, 15) is 5.11 Å². The molecule has 96 valence electrons. The van der Waals surface area contributed by atoms with Crippen LogP contribution in [0.4, 0.5) is 5.69 Å². The summed E-state index contributed by atoms with van der Waals surface area (Å²) in [5.41, 5.74) is 1.49. The van der Waals surface area contributed by atoms with Gasteiger partial charge in [0.15, 0.2) is 0 Å². The molecular formula is C14H17ClN2O. The number of fused-ring (bicyclic) bond motifs is 1. The van der Waals surface area contributed by atoms with E-state index in [4.69, 9.17) is 11.6 Å². The predicted octanol–water partition coefficient (Wildman–Crippen LogP) is 3.46. The number of hydrogen-bond acceptors (Lipinski definition) is 3. The Morgan fingerprint density at radius 2 is 2.17 bits per heavy atom. The molecule has 1 heterocycles. The third kappa shape index (κ3) is 2.57. The van der Waals surface area contributed by atoms with E-state index in [2.05, 4.69) is 10.3 Å². The van der Waals surface area contributed by atoms with Gasteiger partial charge >= 0.3 is 0 Å². The number of anilines is 1. The molecule has 0 aliphatic carbocycles. The fourth-order valence-electron chi connectivity index (χ4n) is 1.80. The van der Waals surface area contributed by atoms with Gasteiger partial charge in [-0.1, -0.05) is 18.5 Å². The number of aliphatic hydroxyl groups is 1. The summed E-state index contributed by atoms with van der Waals surface area (Å²) in [7, 11) is 0. The molecule has 0 saturated heterocycles. The zero-order valence-corrected chi connectivity index (χ0v) is 11.3. The summed E-state index contributed by atoms with van der Waals surface area (Å²) in [6, 6.07) is 7.55. The number of hydrogen-bond donors (Lipinski definition) is 2. The monoisotopic (exact) mass is 264 g/mol. The zero-order valence-electron chi connectivity index (χ0n) is 10.6. The molecule has 18 heavy (non-hydrogen) atoms. The minimum atomic E-state index is -0.325. The minimum Gasteiger partial charge on any atom is -0.394 e. The van der Waals surface area contributed by atoms with Crippen molar-refractivity contribution in [3.63, 3.8) is 0 Å². The van der Waals surface area contributed by atoms with Crippen molar-refractivity contribution in [1.29, 1.82) is 0 Å². The van der Waals surface area contributed by atoms with Crippen molar-refractivity contribution >= 4 is 28.2 Å². The highest BCUT2D eigenvalue weighted by molar-refractivity contribution is 6.31. The van der Waals surface area contributed by atoms with Crippen LogP contribution in [0.1, 0.15) is 20.3 Å². The summed E-state index contributed by atoms with van der Waals surface area (Å²) in [5, 5.41) is 14.5. The number of halogens is 1. The molecule has 0 saturated carbocycles. The van der Waals surface area contributed by atoms with E-state index >= 15 is 0 Å². The summed E-state index contributed by atoms with van der Waals surface area (Å²) in [6.07, 6.45) is 2.58. The average Bonchev–Trinajstić information content (AvgIpc) is 2.38. The van der Waals surface area contributed by atoms with Crippen molar-refractivity contribution in [1.82, 2.24) is 4.98 Å². The van der Waals surface area contributed by atoms with Crippen LogP contribution in [0, 0.1) is 0 Å². The van der Waals surface area contributed by atoms with E-state index in [1.807, 2.05) is 38.1 Å². The zero-order chi connectivity index (χ0) is 13.2. The van der Waals surface area contributed by atoms with Crippen LogP contribution in [0.15, 0.2) is 30.5 Å². The van der Waals surface area contributed by atoms with E-state index in [0.717, 1.165) is 23.0 Å². The fourth-order valence-corrected chi connectivity index (χ4v) is 1.96. The number of nitrogens with zero attached hydrogens (tertiary/aromatic N) is 1. The first-order valence-corrected chi connectivity index (χ1v) is 6.39. The van der Waals surface area contributed by atoms with Gasteiger partial charge in [0.25, 0.3) is 0 Å². The number of aromatic nitrogens is 1. The highest BCUT2D eigenvalue weighted by atomic mass is 35.5. The molecule has 1 atom stereocenters. The average molecular weight is 265 g/mol. The van der Waals surface area contributed by atoms with Crippen molar-refractivity contribution in [3.05, 3.63) is 35.5 Å². The van der Waals surface area contributed by atoms with Crippen LogP contribution < -0.4 is 5.32 Å². The molecule has 2 rings (SSSR count). The van der Waals surface area contributed by atoms with Gasteiger partial charge in [0, 0.05) is 22.3 Å². The lowest BCUT2D eigenvalue weighted by Gasteiger charge is -2.29. The Bertz CT molecular complexity index is 552. The second kappa shape index (κ2) is 5.12. The lowest BCUT2D eigenvalue weighted by molar-refractivity contribution is 0.219. The van der Waals surface area contributed by atoms with E-state index in [-0.39, 0.29) is 12.1 Å². The minimum absolute atomic E-state index is 0.0842. The van der Waals surface area contributed by atoms with Crippen molar-refractivity contribution in [2.24, 2.45) is 0 Å². The van der Waals surface area contributed by atoms with Crippen LogP contribution >= 0.6 is 11.6 Å². The second-order valence-corrected chi connectivity index (χ2v) is 5.15. The van der Waals surface area contributed by atoms with Gasteiger partial charge in [-0.2, -0.15) is 0 Å². The molecule has 1 aromatic carbocycles. The van der Waals surface area contributed by atoms with E-state index < -0.39 is 0 Å². The Morgan fingerprint density at radius 1 is 1.39 bits per heavy atom. The van der Waals surface area contributed by atoms with Crippen LogP contribution in [0.3, 0.4) is 0 Å². The Labute approximate surface area is 112 Å². The Kier molecular flexibility index (Phi) is 3.73. The lowest BCUT2D eigenvalue weighted by Crippen LogP contribution is -2.38. The lowest BCUT2D eigenvalue weighted by atomic mass is 9.99. The fraction of sp³-hybridized carbons (Fsp3) is 0.357. The van der Waals surface area contributed by atoms with Crippen LogP contribution in [0.5, 0.6) is 0 Å². The molecule has 0 spiro atoms. The van der Waals surface area contributed by atoms with Crippen molar-refractivity contribution in [2.45, 2.75) is 25.8 Å². The summed E-state index contributed by atoms with van der Waals surface area (Å²) in [4.78, 5) is 4.30. The van der Waals surface area contributed by atoms with Crippen molar-refractivity contribution in [2.75, 3.05) is 11.9 Å². The molecule has 0 fully saturated rings. The summed E-state index contributed by atoms with van der Waals surface area (Å²) in [5.74, 6) is 0. The number of aliphatic hydroxyl groups excluding tert-OH is 1. The summed E-state index contributed by atoms with van der Waals surface area (Å²) >= 11 is 5.96. The third-order valence-corrected chi connectivity index (χ3v) is 3.51. The maximum absolute atomic E-state index is 9.46. The van der Waals surface area contributed by atoms with Gasteiger partial charge in [0.2, 0.25) is 0 Å². The molecule has 4 heteroatoms. The normalized spacial score (nSPS) is 14.4. The third-order valence-electron chi connectivity index (χ3n) is 3.27. The first kappa shape index (κ1) is 13.1. The highest BCUT2D eigenvalue weighted by Crippen LogP contribution is 2.27. The number of rotatable bonds is 4. The molecular weight excluding hydrogens is 248 g/mol. The van der Waals surface area contributed by atoms with Crippen LogP contribution in [-0.2, 0) is 0 Å².